The number of pyridine rings is 1. The van der Waals surface area contributed by atoms with Crippen molar-refractivity contribution in [3.8, 4) is 0 Å². The van der Waals surface area contributed by atoms with Crippen LogP contribution >= 0.6 is 11.8 Å². The van der Waals surface area contributed by atoms with Crippen LogP contribution in [-0.2, 0) is 6.54 Å². The highest BCUT2D eigenvalue weighted by Gasteiger charge is 2.07. The zero-order valence-electron chi connectivity index (χ0n) is 10.9. The third-order valence-corrected chi connectivity index (χ3v) is 4.28. The molecule has 0 amide bonds. The molecule has 0 saturated carbocycles. The lowest BCUT2D eigenvalue weighted by atomic mass is 10.1. The summed E-state index contributed by atoms with van der Waals surface area (Å²) in [6.07, 6.45) is 5.75. The predicted molar refractivity (Wildman–Crippen MR) is 79.9 cm³/mol. The summed E-state index contributed by atoms with van der Waals surface area (Å²) >= 11 is 1.92. The maximum absolute atomic E-state index is 5.82. The van der Waals surface area contributed by atoms with E-state index in [2.05, 4.69) is 30.1 Å². The van der Waals surface area contributed by atoms with Crippen molar-refractivity contribution < 1.29 is 0 Å². The van der Waals surface area contributed by atoms with Crippen LogP contribution in [0.25, 0.3) is 10.9 Å². The number of hydrogen-bond acceptors (Lipinski definition) is 3. The van der Waals surface area contributed by atoms with Gasteiger partial charge < -0.3 is 5.73 Å². The summed E-state index contributed by atoms with van der Waals surface area (Å²) < 4.78 is 0. The molecule has 0 radical (unpaired) electrons. The van der Waals surface area contributed by atoms with E-state index in [-0.39, 0.29) is 0 Å². The number of hydrogen-bond donors (Lipinski definition) is 1. The number of thioether (sulfide) groups is 1. The van der Waals surface area contributed by atoms with Gasteiger partial charge in [-0.1, -0.05) is 38.0 Å². The summed E-state index contributed by atoms with van der Waals surface area (Å²) in [7, 11) is 0. The minimum absolute atomic E-state index is 0.563. The topological polar surface area (TPSA) is 38.9 Å². The van der Waals surface area contributed by atoms with Crippen LogP contribution in [0.1, 0.15) is 31.7 Å². The van der Waals surface area contributed by atoms with E-state index in [4.69, 9.17) is 5.73 Å². The van der Waals surface area contributed by atoms with Gasteiger partial charge >= 0.3 is 0 Å². The van der Waals surface area contributed by atoms with Crippen molar-refractivity contribution in [2.75, 3.05) is 5.75 Å². The molecule has 0 spiro atoms. The molecule has 0 bridgehead atoms. The van der Waals surface area contributed by atoms with Gasteiger partial charge in [-0.05, 0) is 23.8 Å². The number of aromatic nitrogens is 1. The SMILES string of the molecule is CCCCCSc1c(CN)cnc2ccccc12. The van der Waals surface area contributed by atoms with Gasteiger partial charge in [-0.3, -0.25) is 4.98 Å². The molecular formula is C15H20N2S. The van der Waals surface area contributed by atoms with Gasteiger partial charge in [0.1, 0.15) is 0 Å². The van der Waals surface area contributed by atoms with Crippen molar-refractivity contribution in [1.29, 1.82) is 0 Å². The second-order valence-corrected chi connectivity index (χ2v) is 5.49. The van der Waals surface area contributed by atoms with E-state index >= 15 is 0 Å². The number of nitrogens with two attached hydrogens (primary N) is 1. The van der Waals surface area contributed by atoms with Crippen LogP contribution in [-0.4, -0.2) is 10.7 Å². The number of fused-ring (bicyclic) bond motifs is 1. The van der Waals surface area contributed by atoms with E-state index in [0.29, 0.717) is 6.54 Å². The van der Waals surface area contributed by atoms with Crippen molar-refractivity contribution in [1.82, 2.24) is 4.98 Å². The van der Waals surface area contributed by atoms with Gasteiger partial charge in [-0.2, -0.15) is 0 Å². The summed E-state index contributed by atoms with van der Waals surface area (Å²) in [5, 5.41) is 1.24. The highest BCUT2D eigenvalue weighted by Crippen LogP contribution is 2.30. The van der Waals surface area contributed by atoms with Gasteiger partial charge in [0, 0.05) is 23.0 Å². The van der Waals surface area contributed by atoms with E-state index in [1.165, 1.54) is 29.5 Å². The lowest BCUT2D eigenvalue weighted by Gasteiger charge is -2.10. The fourth-order valence-corrected chi connectivity index (χ4v) is 3.20. The average Bonchev–Trinajstić information content (AvgIpc) is 2.43. The van der Waals surface area contributed by atoms with E-state index in [0.717, 1.165) is 16.8 Å². The van der Waals surface area contributed by atoms with Crippen LogP contribution < -0.4 is 5.73 Å². The summed E-state index contributed by atoms with van der Waals surface area (Å²) in [5.41, 5.74) is 8.04. The molecule has 1 aromatic carbocycles. The van der Waals surface area contributed by atoms with Crippen LogP contribution in [0.4, 0.5) is 0 Å². The quantitative estimate of drug-likeness (QED) is 0.631. The summed E-state index contributed by atoms with van der Waals surface area (Å²) in [6.45, 7) is 2.80. The highest BCUT2D eigenvalue weighted by atomic mass is 32.2. The standard InChI is InChI=1S/C15H20N2S/c1-2-3-6-9-18-15-12(10-16)11-17-14-8-5-4-7-13(14)15/h4-5,7-8,11H,2-3,6,9-10,16H2,1H3. The smallest absolute Gasteiger partial charge is 0.0713 e. The first-order valence-corrected chi connectivity index (χ1v) is 7.55. The summed E-state index contributed by atoms with van der Waals surface area (Å²) in [5.74, 6) is 1.16. The van der Waals surface area contributed by atoms with E-state index in [1.807, 2.05) is 24.0 Å². The molecule has 1 aromatic heterocycles. The zero-order chi connectivity index (χ0) is 12.8. The molecule has 0 aliphatic heterocycles. The molecule has 0 aliphatic carbocycles. The molecule has 0 fully saturated rings. The van der Waals surface area contributed by atoms with Crippen LogP contribution in [0.2, 0.25) is 0 Å². The predicted octanol–water partition coefficient (Wildman–Crippen LogP) is 3.98. The Morgan fingerprint density at radius 1 is 1.22 bits per heavy atom. The summed E-state index contributed by atoms with van der Waals surface area (Å²) in [6, 6.07) is 8.30. The second-order valence-electron chi connectivity index (χ2n) is 4.39. The van der Waals surface area contributed by atoms with Gasteiger partial charge in [0.25, 0.3) is 0 Å². The fraction of sp³-hybridized carbons (Fsp3) is 0.400. The number of para-hydroxylation sites is 1. The average molecular weight is 260 g/mol. The summed E-state index contributed by atoms with van der Waals surface area (Å²) in [4.78, 5) is 5.78. The molecule has 2 rings (SSSR count). The minimum Gasteiger partial charge on any atom is -0.326 e. The van der Waals surface area contributed by atoms with Gasteiger partial charge in [0.05, 0.1) is 5.52 Å². The Balaban J connectivity index is 2.27. The van der Waals surface area contributed by atoms with Crippen molar-refractivity contribution in [2.45, 2.75) is 37.6 Å². The Hall–Kier alpha value is -1.06. The Kier molecular flexibility index (Phi) is 5.02. The van der Waals surface area contributed by atoms with Gasteiger partial charge in [-0.25, -0.2) is 0 Å². The van der Waals surface area contributed by atoms with E-state index in [1.54, 1.807) is 0 Å². The minimum atomic E-state index is 0.563. The Morgan fingerprint density at radius 3 is 2.83 bits per heavy atom. The number of unbranched alkanes of at least 4 members (excludes halogenated alkanes) is 2. The normalized spacial score (nSPS) is 11.0. The Bertz CT molecular complexity index is 511. The van der Waals surface area contributed by atoms with Crippen molar-refractivity contribution in [3.05, 3.63) is 36.0 Å². The first-order chi connectivity index (χ1) is 8.86. The molecule has 18 heavy (non-hydrogen) atoms. The molecule has 2 nitrogen and oxygen atoms in total. The van der Waals surface area contributed by atoms with Crippen molar-refractivity contribution >= 4 is 22.7 Å². The molecule has 1 heterocycles. The first-order valence-electron chi connectivity index (χ1n) is 6.56. The van der Waals surface area contributed by atoms with Gasteiger partial charge in [0.2, 0.25) is 0 Å². The Labute approximate surface area is 113 Å². The molecule has 3 heteroatoms. The first kappa shape index (κ1) is 13.4. The van der Waals surface area contributed by atoms with E-state index < -0.39 is 0 Å². The maximum atomic E-state index is 5.82. The van der Waals surface area contributed by atoms with E-state index in [9.17, 15) is 0 Å². The third-order valence-electron chi connectivity index (χ3n) is 3.01. The van der Waals surface area contributed by atoms with Crippen molar-refractivity contribution in [3.63, 3.8) is 0 Å². The largest absolute Gasteiger partial charge is 0.326 e. The molecule has 0 saturated heterocycles. The fourth-order valence-electron chi connectivity index (χ4n) is 2.00. The maximum Gasteiger partial charge on any atom is 0.0713 e. The molecule has 96 valence electrons. The Morgan fingerprint density at radius 2 is 2.06 bits per heavy atom. The monoisotopic (exact) mass is 260 g/mol. The molecule has 0 unspecified atom stereocenters. The number of benzene rings is 1. The molecule has 0 atom stereocenters. The molecule has 0 aliphatic rings. The van der Waals surface area contributed by atoms with Crippen molar-refractivity contribution in [2.24, 2.45) is 5.73 Å². The number of nitrogens with zero attached hydrogens (tertiary/aromatic N) is 1. The van der Waals surface area contributed by atoms with Crippen LogP contribution in [0.3, 0.4) is 0 Å². The molecule has 2 N–H and O–H groups in total. The second kappa shape index (κ2) is 6.76. The van der Waals surface area contributed by atoms with Gasteiger partial charge in [-0.15, -0.1) is 11.8 Å². The lowest BCUT2D eigenvalue weighted by Crippen LogP contribution is -2.00. The number of rotatable bonds is 6. The molecule has 2 aromatic rings. The highest BCUT2D eigenvalue weighted by molar-refractivity contribution is 7.99. The van der Waals surface area contributed by atoms with Crippen LogP contribution in [0.15, 0.2) is 35.4 Å². The van der Waals surface area contributed by atoms with Crippen LogP contribution in [0.5, 0.6) is 0 Å². The van der Waals surface area contributed by atoms with Gasteiger partial charge in [0.15, 0.2) is 0 Å². The molecular weight excluding hydrogens is 240 g/mol. The zero-order valence-corrected chi connectivity index (χ0v) is 11.7. The lowest BCUT2D eigenvalue weighted by molar-refractivity contribution is 0.778. The van der Waals surface area contributed by atoms with Crippen LogP contribution in [0, 0.1) is 0 Å². The third kappa shape index (κ3) is 3.03.